The van der Waals surface area contributed by atoms with Crippen molar-refractivity contribution in [2.75, 3.05) is 20.6 Å². The van der Waals surface area contributed by atoms with Gasteiger partial charge >= 0.3 is 6.18 Å². The van der Waals surface area contributed by atoms with Gasteiger partial charge in [-0.2, -0.15) is 17.9 Å². The minimum atomic E-state index is -4.68. The number of likely N-dealkylation sites (N-methyl/N-ethyl adjacent to an activating group) is 1. The number of furan rings is 1. The molecule has 2 unspecified atom stereocenters. The van der Waals surface area contributed by atoms with Gasteiger partial charge < -0.3 is 9.73 Å². The zero-order valence-corrected chi connectivity index (χ0v) is 16.8. The standard InChI is InChI=1S/C18H22F3N3O4S/c1-12(17(25)22-11-15(24(2)3)16-8-5-9-28-16)23-29(26,27)14-7-4-6-13(10-14)18(19,20)21/h4-10,12,15,23H,11H2,1-3H3,(H,22,25). The molecule has 11 heteroatoms. The Morgan fingerprint density at radius 1 is 1.21 bits per heavy atom. The van der Waals surface area contributed by atoms with Crippen molar-refractivity contribution in [3.8, 4) is 0 Å². The lowest BCUT2D eigenvalue weighted by molar-refractivity contribution is -0.137. The SMILES string of the molecule is CC(NS(=O)(=O)c1cccc(C(F)(F)F)c1)C(=O)NCC(c1ccco1)N(C)C. The third-order valence-corrected chi connectivity index (χ3v) is 5.70. The van der Waals surface area contributed by atoms with E-state index >= 15 is 0 Å². The van der Waals surface area contributed by atoms with Crippen LogP contribution in [-0.2, 0) is 21.0 Å². The Balaban J connectivity index is 2.05. The lowest BCUT2D eigenvalue weighted by Crippen LogP contribution is -2.46. The second kappa shape index (κ2) is 8.97. The average molecular weight is 433 g/mol. The number of carbonyl (C=O) groups is 1. The molecule has 2 aromatic rings. The van der Waals surface area contributed by atoms with Gasteiger partial charge in [0.25, 0.3) is 0 Å². The highest BCUT2D eigenvalue weighted by Gasteiger charge is 2.32. The molecule has 0 saturated carbocycles. The van der Waals surface area contributed by atoms with Crippen LogP contribution in [0.15, 0.2) is 52.0 Å². The van der Waals surface area contributed by atoms with E-state index in [9.17, 15) is 26.4 Å². The number of carbonyl (C=O) groups excluding carboxylic acids is 1. The van der Waals surface area contributed by atoms with Crippen molar-refractivity contribution < 1.29 is 30.8 Å². The number of alkyl halides is 3. The quantitative estimate of drug-likeness (QED) is 0.667. The molecule has 2 atom stereocenters. The Morgan fingerprint density at radius 3 is 2.45 bits per heavy atom. The summed E-state index contributed by atoms with van der Waals surface area (Å²) in [6.07, 6.45) is -3.18. The number of sulfonamides is 1. The van der Waals surface area contributed by atoms with Crippen LogP contribution in [0.25, 0.3) is 0 Å². The van der Waals surface area contributed by atoms with Crippen molar-refractivity contribution in [2.24, 2.45) is 0 Å². The van der Waals surface area contributed by atoms with Crippen LogP contribution in [0.2, 0.25) is 0 Å². The largest absolute Gasteiger partial charge is 0.468 e. The van der Waals surface area contributed by atoms with Gasteiger partial charge in [0.15, 0.2) is 0 Å². The highest BCUT2D eigenvalue weighted by atomic mass is 32.2. The van der Waals surface area contributed by atoms with Crippen LogP contribution < -0.4 is 10.0 Å². The fourth-order valence-electron chi connectivity index (χ4n) is 2.56. The smallest absolute Gasteiger partial charge is 0.416 e. The molecule has 7 nitrogen and oxygen atoms in total. The number of hydrogen-bond acceptors (Lipinski definition) is 5. The van der Waals surface area contributed by atoms with Crippen molar-refractivity contribution in [3.05, 3.63) is 54.0 Å². The first-order valence-corrected chi connectivity index (χ1v) is 10.1. The minimum Gasteiger partial charge on any atom is -0.468 e. The number of rotatable bonds is 8. The molecule has 0 fully saturated rings. The van der Waals surface area contributed by atoms with Crippen molar-refractivity contribution in [2.45, 2.75) is 30.1 Å². The lowest BCUT2D eigenvalue weighted by Gasteiger charge is -2.23. The summed E-state index contributed by atoms with van der Waals surface area (Å²) in [5, 5.41) is 2.61. The summed E-state index contributed by atoms with van der Waals surface area (Å²) in [6, 6.07) is 5.29. The van der Waals surface area contributed by atoms with Crippen molar-refractivity contribution in [1.29, 1.82) is 0 Å². The number of benzene rings is 1. The Labute approximate surface area is 166 Å². The van der Waals surface area contributed by atoms with Gasteiger partial charge in [0.1, 0.15) is 5.76 Å². The lowest BCUT2D eigenvalue weighted by atomic mass is 10.2. The summed E-state index contributed by atoms with van der Waals surface area (Å²) in [4.78, 5) is 13.5. The fraction of sp³-hybridized carbons (Fsp3) is 0.389. The van der Waals surface area contributed by atoms with Gasteiger partial charge in [0, 0.05) is 6.54 Å². The Morgan fingerprint density at radius 2 is 1.90 bits per heavy atom. The molecule has 1 aromatic heterocycles. The number of amides is 1. The van der Waals surface area contributed by atoms with E-state index < -0.39 is 38.6 Å². The molecule has 0 spiro atoms. The molecular weight excluding hydrogens is 411 g/mol. The number of nitrogens with one attached hydrogen (secondary N) is 2. The van der Waals surface area contributed by atoms with Gasteiger partial charge in [-0.3, -0.25) is 9.69 Å². The zero-order valence-electron chi connectivity index (χ0n) is 16.0. The minimum absolute atomic E-state index is 0.148. The highest BCUT2D eigenvalue weighted by molar-refractivity contribution is 7.89. The first-order valence-electron chi connectivity index (χ1n) is 8.59. The Kier molecular flexibility index (Phi) is 7.09. The molecule has 0 radical (unpaired) electrons. The molecule has 2 rings (SSSR count). The predicted octanol–water partition coefficient (Wildman–Crippen LogP) is 2.38. The molecule has 1 aromatic carbocycles. The van der Waals surface area contributed by atoms with Crippen molar-refractivity contribution in [3.63, 3.8) is 0 Å². The summed E-state index contributed by atoms with van der Waals surface area (Å²) in [5.74, 6) is -0.00791. The van der Waals surface area contributed by atoms with Gasteiger partial charge in [-0.05, 0) is 51.4 Å². The van der Waals surface area contributed by atoms with Crippen LogP contribution in [0.4, 0.5) is 13.2 Å². The molecule has 29 heavy (non-hydrogen) atoms. The number of halogens is 3. The summed E-state index contributed by atoms with van der Waals surface area (Å²) in [7, 11) is -0.744. The van der Waals surface area contributed by atoms with E-state index in [4.69, 9.17) is 4.42 Å². The summed E-state index contributed by atoms with van der Waals surface area (Å²) in [6.45, 7) is 1.45. The van der Waals surface area contributed by atoms with Gasteiger partial charge in [-0.25, -0.2) is 8.42 Å². The first kappa shape index (κ1) is 22.9. The van der Waals surface area contributed by atoms with Crippen LogP contribution in [0.1, 0.15) is 24.3 Å². The van der Waals surface area contributed by atoms with E-state index in [0.717, 1.165) is 18.2 Å². The third kappa shape index (κ3) is 6.05. The third-order valence-electron chi connectivity index (χ3n) is 4.16. The van der Waals surface area contributed by atoms with Gasteiger partial charge in [0.05, 0.1) is 28.8 Å². The van der Waals surface area contributed by atoms with E-state index in [1.165, 1.54) is 13.2 Å². The van der Waals surface area contributed by atoms with Crippen LogP contribution in [0, 0.1) is 0 Å². The second-order valence-corrected chi connectivity index (χ2v) is 8.32. The maximum absolute atomic E-state index is 12.8. The monoisotopic (exact) mass is 433 g/mol. The van der Waals surface area contributed by atoms with Crippen LogP contribution in [0.5, 0.6) is 0 Å². The van der Waals surface area contributed by atoms with Gasteiger partial charge in [0.2, 0.25) is 15.9 Å². The summed E-state index contributed by atoms with van der Waals surface area (Å²) >= 11 is 0. The molecule has 1 heterocycles. The van der Waals surface area contributed by atoms with Gasteiger partial charge in [-0.15, -0.1) is 0 Å². The summed E-state index contributed by atoms with van der Waals surface area (Å²) < 4.78 is 70.6. The predicted molar refractivity (Wildman–Crippen MR) is 99.4 cm³/mol. The Bertz CT molecular complexity index is 928. The summed E-state index contributed by atoms with van der Waals surface area (Å²) in [5.41, 5.74) is -1.09. The zero-order chi connectivity index (χ0) is 21.8. The molecule has 0 bridgehead atoms. The van der Waals surface area contributed by atoms with Crippen LogP contribution in [0.3, 0.4) is 0 Å². The molecule has 0 aliphatic rings. The van der Waals surface area contributed by atoms with Crippen molar-refractivity contribution >= 4 is 15.9 Å². The van der Waals surface area contributed by atoms with E-state index in [1.807, 2.05) is 4.90 Å². The second-order valence-electron chi connectivity index (χ2n) is 6.61. The number of hydrogen-bond donors (Lipinski definition) is 2. The molecule has 1 amide bonds. The fourth-order valence-corrected chi connectivity index (χ4v) is 3.81. The highest BCUT2D eigenvalue weighted by Crippen LogP contribution is 2.30. The van der Waals surface area contributed by atoms with Gasteiger partial charge in [-0.1, -0.05) is 6.07 Å². The topological polar surface area (TPSA) is 91.6 Å². The molecular formula is C18H22F3N3O4S. The van der Waals surface area contributed by atoms with E-state index in [0.29, 0.717) is 11.8 Å². The average Bonchev–Trinajstić information content (AvgIpc) is 3.14. The molecule has 160 valence electrons. The molecule has 2 N–H and O–H groups in total. The maximum Gasteiger partial charge on any atom is 0.416 e. The Hall–Kier alpha value is -2.37. The molecule has 0 aliphatic heterocycles. The van der Waals surface area contributed by atoms with Crippen LogP contribution >= 0.6 is 0 Å². The van der Waals surface area contributed by atoms with Crippen LogP contribution in [-0.4, -0.2) is 45.9 Å². The molecule has 0 aliphatic carbocycles. The maximum atomic E-state index is 12.8. The van der Waals surface area contributed by atoms with Crippen molar-refractivity contribution in [1.82, 2.24) is 14.9 Å². The molecule has 0 saturated heterocycles. The normalized spacial score (nSPS) is 14.6. The van der Waals surface area contributed by atoms with E-state index in [1.54, 1.807) is 26.2 Å². The first-order chi connectivity index (χ1) is 13.4. The van der Waals surface area contributed by atoms with E-state index in [2.05, 4.69) is 10.0 Å². The number of nitrogens with zero attached hydrogens (tertiary/aromatic N) is 1. The van der Waals surface area contributed by atoms with E-state index in [-0.39, 0.29) is 12.6 Å².